The summed E-state index contributed by atoms with van der Waals surface area (Å²) in [5.74, 6) is 0.692. The Kier molecular flexibility index (Phi) is 3.83. The summed E-state index contributed by atoms with van der Waals surface area (Å²) in [5, 5.41) is 0.807. The summed E-state index contributed by atoms with van der Waals surface area (Å²) in [7, 11) is 0. The molecule has 2 aromatic heterocycles. The highest BCUT2D eigenvalue weighted by Crippen LogP contribution is 2.30. The van der Waals surface area contributed by atoms with Crippen molar-refractivity contribution in [3.63, 3.8) is 0 Å². The van der Waals surface area contributed by atoms with Gasteiger partial charge in [-0.05, 0) is 25.0 Å². The summed E-state index contributed by atoms with van der Waals surface area (Å²) in [6.45, 7) is 5.93. The second kappa shape index (κ2) is 5.21. The quantitative estimate of drug-likeness (QED) is 0.772. The second-order valence-electron chi connectivity index (χ2n) is 4.39. The van der Waals surface area contributed by atoms with Crippen molar-refractivity contribution in [2.75, 3.05) is 0 Å². The van der Waals surface area contributed by atoms with E-state index in [1.807, 2.05) is 32.9 Å². The average Bonchev–Trinajstić information content (AvgIpc) is 2.28. The lowest BCUT2D eigenvalue weighted by Gasteiger charge is -2.10. The van der Waals surface area contributed by atoms with Gasteiger partial charge in [0.05, 0.1) is 0 Å². The molecule has 0 fully saturated rings. The molecule has 0 aliphatic carbocycles. The highest BCUT2D eigenvalue weighted by molar-refractivity contribution is 6.34. The van der Waals surface area contributed by atoms with E-state index in [0.29, 0.717) is 16.1 Å². The van der Waals surface area contributed by atoms with Gasteiger partial charge in [-0.3, -0.25) is 4.98 Å². The molecule has 0 spiro atoms. The van der Waals surface area contributed by atoms with Crippen molar-refractivity contribution >= 4 is 23.2 Å². The molecule has 0 N–H and O–H groups in total. The summed E-state index contributed by atoms with van der Waals surface area (Å²) in [5.41, 5.74) is 2.52. The van der Waals surface area contributed by atoms with Gasteiger partial charge >= 0.3 is 0 Å². The molecule has 0 aliphatic heterocycles. The zero-order chi connectivity index (χ0) is 13.3. The Morgan fingerprint density at radius 2 is 1.67 bits per heavy atom. The Hall–Kier alpha value is -1.19. The van der Waals surface area contributed by atoms with E-state index < -0.39 is 0 Å². The van der Waals surface area contributed by atoms with Crippen LogP contribution >= 0.6 is 23.2 Å². The topological polar surface area (TPSA) is 38.7 Å². The standard InChI is InChI=1S/C13H13Cl2N3/c1-7(2)10-11(14)17-13(18-12(10)15)9-5-4-8(3)16-6-9/h4-7H,1-3H3. The summed E-state index contributed by atoms with van der Waals surface area (Å²) in [6.07, 6.45) is 1.71. The van der Waals surface area contributed by atoms with Gasteiger partial charge in [-0.25, -0.2) is 9.97 Å². The first-order valence-electron chi connectivity index (χ1n) is 5.65. The minimum atomic E-state index is 0.190. The molecule has 2 aromatic rings. The van der Waals surface area contributed by atoms with Crippen molar-refractivity contribution < 1.29 is 0 Å². The summed E-state index contributed by atoms with van der Waals surface area (Å²) in [4.78, 5) is 12.8. The highest BCUT2D eigenvalue weighted by atomic mass is 35.5. The fourth-order valence-corrected chi connectivity index (χ4v) is 2.45. The van der Waals surface area contributed by atoms with Gasteiger partial charge in [0.15, 0.2) is 5.82 Å². The molecular formula is C13H13Cl2N3. The normalized spacial score (nSPS) is 11.0. The molecule has 0 amide bonds. The second-order valence-corrected chi connectivity index (χ2v) is 5.10. The number of pyridine rings is 1. The van der Waals surface area contributed by atoms with Crippen LogP contribution in [-0.2, 0) is 0 Å². The van der Waals surface area contributed by atoms with E-state index in [4.69, 9.17) is 23.2 Å². The van der Waals surface area contributed by atoms with Crippen LogP contribution in [0.3, 0.4) is 0 Å². The molecule has 0 atom stereocenters. The number of aryl methyl sites for hydroxylation is 1. The van der Waals surface area contributed by atoms with Crippen LogP contribution in [0.25, 0.3) is 11.4 Å². The third kappa shape index (κ3) is 2.62. The Balaban J connectivity index is 2.51. The fraction of sp³-hybridized carbons (Fsp3) is 0.308. The van der Waals surface area contributed by atoms with E-state index in [9.17, 15) is 0 Å². The van der Waals surface area contributed by atoms with Crippen molar-refractivity contribution in [2.24, 2.45) is 0 Å². The Morgan fingerprint density at radius 1 is 1.06 bits per heavy atom. The average molecular weight is 282 g/mol. The maximum absolute atomic E-state index is 6.15. The zero-order valence-electron chi connectivity index (χ0n) is 10.4. The smallest absolute Gasteiger partial charge is 0.164 e. The monoisotopic (exact) mass is 281 g/mol. The third-order valence-electron chi connectivity index (χ3n) is 2.60. The fourth-order valence-electron chi connectivity index (χ4n) is 1.62. The van der Waals surface area contributed by atoms with Crippen LogP contribution < -0.4 is 0 Å². The number of rotatable bonds is 2. The molecule has 5 heteroatoms. The van der Waals surface area contributed by atoms with E-state index in [1.165, 1.54) is 0 Å². The molecule has 0 bridgehead atoms. The van der Waals surface area contributed by atoms with Crippen LogP contribution in [0.1, 0.15) is 31.0 Å². The van der Waals surface area contributed by atoms with Crippen LogP contribution in [0, 0.1) is 6.92 Å². The molecular weight excluding hydrogens is 269 g/mol. The molecule has 2 heterocycles. The van der Waals surface area contributed by atoms with Gasteiger partial charge < -0.3 is 0 Å². The first-order valence-corrected chi connectivity index (χ1v) is 6.40. The van der Waals surface area contributed by atoms with Gasteiger partial charge in [0, 0.05) is 23.0 Å². The molecule has 0 radical (unpaired) electrons. The van der Waals surface area contributed by atoms with E-state index in [0.717, 1.165) is 16.8 Å². The summed E-state index contributed by atoms with van der Waals surface area (Å²) in [6, 6.07) is 3.80. The van der Waals surface area contributed by atoms with Crippen LogP contribution in [-0.4, -0.2) is 15.0 Å². The van der Waals surface area contributed by atoms with Crippen molar-refractivity contribution in [1.82, 2.24) is 15.0 Å². The van der Waals surface area contributed by atoms with Crippen LogP contribution in [0.15, 0.2) is 18.3 Å². The van der Waals surface area contributed by atoms with Crippen LogP contribution in [0.4, 0.5) is 0 Å². The van der Waals surface area contributed by atoms with E-state index in [2.05, 4.69) is 15.0 Å². The van der Waals surface area contributed by atoms with Crippen molar-refractivity contribution in [1.29, 1.82) is 0 Å². The number of aromatic nitrogens is 3. The summed E-state index contributed by atoms with van der Waals surface area (Å²) >= 11 is 12.3. The van der Waals surface area contributed by atoms with Gasteiger partial charge in [0.25, 0.3) is 0 Å². The molecule has 0 aliphatic rings. The van der Waals surface area contributed by atoms with Gasteiger partial charge in [-0.2, -0.15) is 0 Å². The van der Waals surface area contributed by atoms with Crippen molar-refractivity contribution in [3.8, 4) is 11.4 Å². The van der Waals surface area contributed by atoms with E-state index in [1.54, 1.807) is 6.20 Å². The minimum Gasteiger partial charge on any atom is -0.261 e. The van der Waals surface area contributed by atoms with E-state index in [-0.39, 0.29) is 5.92 Å². The molecule has 0 saturated heterocycles. The van der Waals surface area contributed by atoms with Crippen molar-refractivity contribution in [2.45, 2.75) is 26.7 Å². The largest absolute Gasteiger partial charge is 0.261 e. The predicted octanol–water partition coefficient (Wildman–Crippen LogP) is 4.28. The molecule has 2 rings (SSSR count). The predicted molar refractivity (Wildman–Crippen MR) is 74.1 cm³/mol. The number of nitrogens with zero attached hydrogens (tertiary/aromatic N) is 3. The Labute approximate surface area is 116 Å². The Bertz CT molecular complexity index is 542. The van der Waals surface area contributed by atoms with Gasteiger partial charge in [0.2, 0.25) is 0 Å². The van der Waals surface area contributed by atoms with Crippen molar-refractivity contribution in [3.05, 3.63) is 39.9 Å². The summed E-state index contributed by atoms with van der Waals surface area (Å²) < 4.78 is 0. The molecule has 0 unspecified atom stereocenters. The highest BCUT2D eigenvalue weighted by Gasteiger charge is 2.15. The zero-order valence-corrected chi connectivity index (χ0v) is 11.9. The van der Waals surface area contributed by atoms with Crippen LogP contribution in [0.2, 0.25) is 10.3 Å². The van der Waals surface area contributed by atoms with Gasteiger partial charge in [-0.1, -0.05) is 37.0 Å². The lowest BCUT2D eigenvalue weighted by molar-refractivity contribution is 0.848. The molecule has 0 aromatic carbocycles. The molecule has 94 valence electrons. The first kappa shape index (κ1) is 13.2. The Morgan fingerprint density at radius 3 is 2.11 bits per heavy atom. The maximum Gasteiger partial charge on any atom is 0.164 e. The number of hydrogen-bond acceptors (Lipinski definition) is 3. The molecule has 3 nitrogen and oxygen atoms in total. The first-order chi connectivity index (χ1) is 8.49. The maximum atomic E-state index is 6.15. The lowest BCUT2D eigenvalue weighted by atomic mass is 10.1. The van der Waals surface area contributed by atoms with Gasteiger partial charge in [-0.15, -0.1) is 0 Å². The SMILES string of the molecule is Cc1ccc(-c2nc(Cl)c(C(C)C)c(Cl)n2)cn1. The lowest BCUT2D eigenvalue weighted by Crippen LogP contribution is -1.99. The molecule has 18 heavy (non-hydrogen) atoms. The molecule has 0 saturated carbocycles. The van der Waals surface area contributed by atoms with Crippen LogP contribution in [0.5, 0.6) is 0 Å². The third-order valence-corrected chi connectivity index (χ3v) is 3.18. The van der Waals surface area contributed by atoms with Gasteiger partial charge in [0.1, 0.15) is 10.3 Å². The number of halogens is 2. The van der Waals surface area contributed by atoms with E-state index >= 15 is 0 Å². The minimum absolute atomic E-state index is 0.190. The number of hydrogen-bond donors (Lipinski definition) is 0.